The molecule has 0 atom stereocenters. The van der Waals surface area contributed by atoms with Crippen LogP contribution in [0.1, 0.15) is 30.9 Å². The van der Waals surface area contributed by atoms with Gasteiger partial charge in [-0.2, -0.15) is 0 Å². The Morgan fingerprint density at radius 1 is 1.32 bits per heavy atom. The van der Waals surface area contributed by atoms with Crippen molar-refractivity contribution in [3.8, 4) is 0 Å². The number of carbonyl (C=O) groups is 1. The lowest BCUT2D eigenvalue weighted by atomic mass is 10.1. The first kappa shape index (κ1) is 15.7. The van der Waals surface area contributed by atoms with Gasteiger partial charge in [0.05, 0.1) is 5.69 Å². The number of unbranched alkanes of at least 4 members (excludes halogenated alkanes) is 1. The van der Waals surface area contributed by atoms with Gasteiger partial charge in [0.2, 0.25) is 0 Å². The molecule has 0 aliphatic carbocycles. The third kappa shape index (κ3) is 4.33. The molecule has 0 spiro atoms. The summed E-state index contributed by atoms with van der Waals surface area (Å²) in [5.41, 5.74) is 2.83. The molecular formula is C15H23NO3. The smallest absolute Gasteiger partial charge is 0.254 e. The van der Waals surface area contributed by atoms with Crippen molar-refractivity contribution in [2.24, 2.45) is 0 Å². The second kappa shape index (κ2) is 7.92. The number of benzene rings is 1. The van der Waals surface area contributed by atoms with Crippen LogP contribution < -0.4 is 4.90 Å². The van der Waals surface area contributed by atoms with Crippen LogP contribution in [0.2, 0.25) is 0 Å². The van der Waals surface area contributed by atoms with Crippen LogP contribution in [0.3, 0.4) is 0 Å². The molecule has 4 heteroatoms. The zero-order chi connectivity index (χ0) is 14.3. The highest BCUT2D eigenvalue weighted by atomic mass is 16.5. The van der Waals surface area contributed by atoms with E-state index in [1.165, 1.54) is 4.90 Å². The number of hydrogen-bond acceptors (Lipinski definition) is 3. The van der Waals surface area contributed by atoms with Crippen molar-refractivity contribution in [2.45, 2.75) is 33.6 Å². The number of aliphatic hydroxyl groups is 1. The zero-order valence-electron chi connectivity index (χ0n) is 12.0. The van der Waals surface area contributed by atoms with Crippen LogP contribution in [0.15, 0.2) is 18.2 Å². The van der Waals surface area contributed by atoms with E-state index in [9.17, 15) is 4.79 Å². The number of ether oxygens (including phenoxy) is 1. The summed E-state index contributed by atoms with van der Waals surface area (Å²) < 4.78 is 5.52. The first-order valence-corrected chi connectivity index (χ1v) is 6.67. The second-order valence-electron chi connectivity index (χ2n) is 4.61. The number of aliphatic hydroxyl groups excluding tert-OH is 1. The number of rotatable bonds is 7. The lowest BCUT2D eigenvalue weighted by Crippen LogP contribution is -2.36. The van der Waals surface area contributed by atoms with E-state index in [0.717, 1.165) is 29.7 Å². The van der Waals surface area contributed by atoms with E-state index in [1.54, 1.807) is 0 Å². The fourth-order valence-corrected chi connectivity index (χ4v) is 1.98. The predicted octanol–water partition coefficient (Wildman–Crippen LogP) is 2.40. The van der Waals surface area contributed by atoms with E-state index < -0.39 is 6.61 Å². The molecule has 0 unspecified atom stereocenters. The van der Waals surface area contributed by atoms with Gasteiger partial charge in [0, 0.05) is 6.61 Å². The number of carbonyl (C=O) groups excluding carboxylic acids is 1. The molecule has 0 aliphatic heterocycles. The number of aryl methyl sites for hydroxylation is 2. The van der Waals surface area contributed by atoms with Crippen molar-refractivity contribution >= 4 is 11.6 Å². The van der Waals surface area contributed by atoms with Crippen LogP contribution in [-0.2, 0) is 9.53 Å². The quantitative estimate of drug-likeness (QED) is 0.608. The van der Waals surface area contributed by atoms with E-state index in [-0.39, 0.29) is 12.6 Å². The highest BCUT2D eigenvalue weighted by Crippen LogP contribution is 2.24. The van der Waals surface area contributed by atoms with Gasteiger partial charge in [0.1, 0.15) is 13.3 Å². The third-order valence-electron chi connectivity index (χ3n) is 3.01. The standard InChI is InChI=1S/C15H23NO3/c1-4-5-9-19-11-16(14(18)10-17)15-12(2)7-6-8-13(15)3/h6-8,17H,4-5,9-11H2,1-3H3. The van der Waals surface area contributed by atoms with E-state index in [1.807, 2.05) is 32.0 Å². The Balaban J connectivity index is 2.87. The SMILES string of the molecule is CCCCOCN(C(=O)CO)c1c(C)cccc1C. The summed E-state index contributed by atoms with van der Waals surface area (Å²) in [7, 11) is 0. The molecule has 1 amide bonds. The van der Waals surface area contributed by atoms with Crippen molar-refractivity contribution in [1.82, 2.24) is 0 Å². The largest absolute Gasteiger partial charge is 0.387 e. The van der Waals surface area contributed by atoms with Crippen LogP contribution in [0.4, 0.5) is 5.69 Å². The molecule has 0 heterocycles. The molecular weight excluding hydrogens is 242 g/mol. The molecule has 0 aromatic heterocycles. The van der Waals surface area contributed by atoms with Crippen molar-refractivity contribution in [3.63, 3.8) is 0 Å². The van der Waals surface area contributed by atoms with Crippen LogP contribution in [0.5, 0.6) is 0 Å². The molecule has 1 aromatic carbocycles. The van der Waals surface area contributed by atoms with Gasteiger partial charge in [-0.1, -0.05) is 31.5 Å². The molecule has 4 nitrogen and oxygen atoms in total. The summed E-state index contributed by atoms with van der Waals surface area (Å²) in [4.78, 5) is 13.4. The van der Waals surface area contributed by atoms with Gasteiger partial charge in [-0.25, -0.2) is 0 Å². The third-order valence-corrected chi connectivity index (χ3v) is 3.01. The summed E-state index contributed by atoms with van der Waals surface area (Å²) in [5.74, 6) is -0.339. The molecule has 1 N–H and O–H groups in total. The van der Waals surface area contributed by atoms with Crippen molar-refractivity contribution < 1.29 is 14.6 Å². The molecule has 0 saturated heterocycles. The maximum absolute atomic E-state index is 11.9. The Morgan fingerprint density at radius 2 is 1.95 bits per heavy atom. The summed E-state index contributed by atoms with van der Waals surface area (Å²) in [6.45, 7) is 6.29. The lowest BCUT2D eigenvalue weighted by Gasteiger charge is -2.25. The molecule has 1 aromatic rings. The fraction of sp³-hybridized carbons (Fsp3) is 0.533. The predicted molar refractivity (Wildman–Crippen MR) is 76.2 cm³/mol. The molecule has 0 radical (unpaired) electrons. The molecule has 106 valence electrons. The monoisotopic (exact) mass is 265 g/mol. The molecule has 1 rings (SSSR count). The topological polar surface area (TPSA) is 49.8 Å². The normalized spacial score (nSPS) is 10.5. The van der Waals surface area contributed by atoms with Gasteiger partial charge in [-0.15, -0.1) is 0 Å². The number of anilines is 1. The maximum Gasteiger partial charge on any atom is 0.254 e. The molecule has 0 aliphatic rings. The lowest BCUT2D eigenvalue weighted by molar-refractivity contribution is -0.122. The van der Waals surface area contributed by atoms with Gasteiger partial charge >= 0.3 is 0 Å². The Kier molecular flexibility index (Phi) is 6.53. The average Bonchev–Trinajstić information content (AvgIpc) is 2.40. The number of nitrogens with zero attached hydrogens (tertiary/aromatic N) is 1. The van der Waals surface area contributed by atoms with Crippen molar-refractivity contribution in [2.75, 3.05) is 24.8 Å². The number of hydrogen-bond donors (Lipinski definition) is 1. The Hall–Kier alpha value is -1.39. The Morgan fingerprint density at radius 3 is 2.47 bits per heavy atom. The summed E-state index contributed by atoms with van der Waals surface area (Å²) in [6, 6.07) is 5.85. The van der Waals surface area contributed by atoms with E-state index >= 15 is 0 Å². The Labute approximate surface area is 115 Å². The first-order chi connectivity index (χ1) is 9.11. The zero-order valence-corrected chi connectivity index (χ0v) is 12.0. The van der Waals surface area contributed by atoms with Crippen LogP contribution in [0, 0.1) is 13.8 Å². The molecule has 0 fully saturated rings. The van der Waals surface area contributed by atoms with Crippen LogP contribution in [-0.4, -0.2) is 31.0 Å². The minimum atomic E-state index is -0.509. The second-order valence-corrected chi connectivity index (χ2v) is 4.61. The van der Waals surface area contributed by atoms with Gasteiger partial charge in [-0.3, -0.25) is 9.69 Å². The van der Waals surface area contributed by atoms with Gasteiger partial charge in [0.25, 0.3) is 5.91 Å². The van der Waals surface area contributed by atoms with Crippen LogP contribution in [0.25, 0.3) is 0 Å². The summed E-state index contributed by atoms with van der Waals surface area (Å²) in [6.07, 6.45) is 2.02. The fourth-order valence-electron chi connectivity index (χ4n) is 1.98. The molecule has 19 heavy (non-hydrogen) atoms. The van der Waals surface area contributed by atoms with E-state index in [0.29, 0.717) is 6.61 Å². The molecule has 0 saturated carbocycles. The highest BCUT2D eigenvalue weighted by molar-refractivity contribution is 5.95. The summed E-state index contributed by atoms with van der Waals surface area (Å²) >= 11 is 0. The van der Waals surface area contributed by atoms with Gasteiger partial charge in [0.15, 0.2) is 0 Å². The Bertz CT molecular complexity index is 398. The van der Waals surface area contributed by atoms with Crippen molar-refractivity contribution in [1.29, 1.82) is 0 Å². The molecule has 0 bridgehead atoms. The maximum atomic E-state index is 11.9. The first-order valence-electron chi connectivity index (χ1n) is 6.67. The van der Waals surface area contributed by atoms with Crippen molar-refractivity contribution in [3.05, 3.63) is 29.3 Å². The number of para-hydroxylation sites is 1. The minimum absolute atomic E-state index is 0.186. The van der Waals surface area contributed by atoms with E-state index in [4.69, 9.17) is 9.84 Å². The van der Waals surface area contributed by atoms with Crippen LogP contribution >= 0.6 is 0 Å². The highest BCUT2D eigenvalue weighted by Gasteiger charge is 2.18. The minimum Gasteiger partial charge on any atom is -0.387 e. The van der Waals surface area contributed by atoms with Gasteiger partial charge < -0.3 is 9.84 Å². The number of amides is 1. The average molecular weight is 265 g/mol. The summed E-state index contributed by atoms with van der Waals surface area (Å²) in [5, 5.41) is 9.10. The van der Waals surface area contributed by atoms with Gasteiger partial charge in [-0.05, 0) is 31.4 Å². The van der Waals surface area contributed by atoms with E-state index in [2.05, 4.69) is 6.92 Å².